The molecule has 0 saturated carbocycles. The minimum absolute atomic E-state index is 0.0200. The van der Waals surface area contributed by atoms with Gasteiger partial charge in [-0.1, -0.05) is 23.2 Å². The van der Waals surface area contributed by atoms with Crippen molar-refractivity contribution in [3.05, 3.63) is 52.1 Å². The van der Waals surface area contributed by atoms with Crippen LogP contribution in [-0.2, 0) is 4.74 Å². The largest absolute Gasteiger partial charge is 0.493 e. The van der Waals surface area contributed by atoms with E-state index >= 15 is 0 Å². The normalized spacial score (nSPS) is 12.0. The zero-order valence-corrected chi connectivity index (χ0v) is 22.8. The Kier molecular flexibility index (Phi) is 8.88. The second kappa shape index (κ2) is 11.7. The number of ether oxygens (including phenoxy) is 3. The molecule has 0 unspecified atom stereocenters. The van der Waals surface area contributed by atoms with Crippen LogP contribution in [0.5, 0.6) is 11.5 Å². The number of oxazole rings is 1. The van der Waals surface area contributed by atoms with E-state index in [2.05, 4.69) is 20.6 Å². The van der Waals surface area contributed by atoms with Gasteiger partial charge in [-0.05, 0) is 52.8 Å². The molecular weight excluding hydrogens is 523 g/mol. The first-order valence-corrected chi connectivity index (χ1v) is 12.1. The topological polar surface area (TPSA) is 125 Å². The second-order valence-electron chi connectivity index (χ2n) is 8.89. The highest BCUT2D eigenvalue weighted by molar-refractivity contribution is 6.39. The summed E-state index contributed by atoms with van der Waals surface area (Å²) in [5, 5.41) is 5.60. The van der Waals surface area contributed by atoms with Crippen molar-refractivity contribution in [3.63, 3.8) is 0 Å². The number of aromatic nitrogens is 2. The van der Waals surface area contributed by atoms with Crippen LogP contribution >= 0.6 is 23.2 Å². The maximum absolute atomic E-state index is 13.3. The summed E-state index contributed by atoms with van der Waals surface area (Å²) in [6.07, 6.45) is 1.02. The molecular formula is C25H28Cl2N4O6. The number of anilines is 1. The lowest BCUT2D eigenvalue weighted by Crippen LogP contribution is -2.41. The lowest BCUT2D eigenvalue weighted by Gasteiger charge is -2.21. The summed E-state index contributed by atoms with van der Waals surface area (Å²) in [5.74, 6) is 0.435. The molecule has 0 saturated heterocycles. The quantitative estimate of drug-likeness (QED) is 0.335. The fourth-order valence-corrected chi connectivity index (χ4v) is 3.68. The zero-order chi connectivity index (χ0) is 27.3. The summed E-state index contributed by atoms with van der Waals surface area (Å²) in [7, 11) is 1.53. The molecule has 0 fully saturated rings. The number of pyridine rings is 1. The lowest BCUT2D eigenvalue weighted by atomic mass is 10.1. The predicted molar refractivity (Wildman–Crippen MR) is 140 cm³/mol. The molecule has 10 nitrogen and oxygen atoms in total. The molecule has 198 valence electrons. The Balaban J connectivity index is 2.03. The molecule has 12 heteroatoms. The Bertz CT molecular complexity index is 1270. The van der Waals surface area contributed by atoms with Gasteiger partial charge < -0.3 is 29.3 Å². The van der Waals surface area contributed by atoms with Crippen LogP contribution in [0, 0.1) is 0 Å². The number of alkyl carbamates (subject to hydrolysis) is 1. The molecule has 0 aliphatic rings. The number of nitrogens with one attached hydrogen (secondary N) is 2. The van der Waals surface area contributed by atoms with E-state index in [1.807, 2.05) is 27.7 Å². The highest BCUT2D eigenvalue weighted by atomic mass is 35.5. The molecule has 2 amide bonds. The molecule has 0 bridgehead atoms. The molecule has 0 aliphatic carbocycles. The van der Waals surface area contributed by atoms with E-state index in [1.54, 1.807) is 25.1 Å². The number of hydrogen-bond acceptors (Lipinski definition) is 8. The van der Waals surface area contributed by atoms with Crippen LogP contribution in [0.3, 0.4) is 0 Å². The SMILES string of the molecule is CCOc1cc(-c2nc(C(=O)Nc3c(Cl)cncc3Cl)c([C@H](C)OC(=O)NC(C)(C)C)o2)ccc1OC. The number of halogens is 2. The molecule has 2 aromatic heterocycles. The maximum atomic E-state index is 13.3. The van der Waals surface area contributed by atoms with Gasteiger partial charge in [0, 0.05) is 23.5 Å². The monoisotopic (exact) mass is 550 g/mol. The maximum Gasteiger partial charge on any atom is 0.408 e. The van der Waals surface area contributed by atoms with Gasteiger partial charge >= 0.3 is 6.09 Å². The Labute approximate surface area is 224 Å². The first-order chi connectivity index (χ1) is 17.4. The van der Waals surface area contributed by atoms with Gasteiger partial charge in [0.1, 0.15) is 0 Å². The minimum atomic E-state index is -0.975. The van der Waals surface area contributed by atoms with Crippen LogP contribution in [0.4, 0.5) is 10.5 Å². The summed E-state index contributed by atoms with van der Waals surface area (Å²) >= 11 is 12.3. The van der Waals surface area contributed by atoms with E-state index in [1.165, 1.54) is 19.5 Å². The van der Waals surface area contributed by atoms with Gasteiger partial charge in [-0.25, -0.2) is 9.78 Å². The predicted octanol–water partition coefficient (Wildman–Crippen LogP) is 6.29. The first-order valence-electron chi connectivity index (χ1n) is 11.3. The van der Waals surface area contributed by atoms with Crippen LogP contribution in [0.15, 0.2) is 35.0 Å². The third-order valence-corrected chi connectivity index (χ3v) is 5.37. The van der Waals surface area contributed by atoms with E-state index in [-0.39, 0.29) is 33.1 Å². The molecule has 0 radical (unpaired) electrons. The zero-order valence-electron chi connectivity index (χ0n) is 21.3. The number of carbonyl (C=O) groups excluding carboxylic acids is 2. The molecule has 3 aromatic rings. The minimum Gasteiger partial charge on any atom is -0.493 e. The highest BCUT2D eigenvalue weighted by Crippen LogP contribution is 2.35. The smallest absolute Gasteiger partial charge is 0.408 e. The Morgan fingerprint density at radius 3 is 2.41 bits per heavy atom. The van der Waals surface area contributed by atoms with Crippen molar-refractivity contribution in [2.75, 3.05) is 19.0 Å². The number of rotatable bonds is 8. The van der Waals surface area contributed by atoms with Crippen LogP contribution in [-0.4, -0.2) is 41.2 Å². The van der Waals surface area contributed by atoms with Crippen LogP contribution < -0.4 is 20.1 Å². The Hall–Kier alpha value is -3.50. The van der Waals surface area contributed by atoms with Crippen molar-refractivity contribution >= 4 is 40.9 Å². The van der Waals surface area contributed by atoms with Crippen LogP contribution in [0.2, 0.25) is 10.0 Å². The van der Waals surface area contributed by atoms with Crippen molar-refractivity contribution in [3.8, 4) is 23.0 Å². The standard InChI is InChI=1S/C25H28Cl2N4O6/c1-7-35-18-10-14(8-9-17(18)34-6)23-30-20(22(32)29-19-15(26)11-28-12-16(19)27)21(37-23)13(2)36-24(33)31-25(3,4)5/h8-13H,7H2,1-6H3,(H,31,33)(H,28,29,32)/t13-/m0/s1. The average molecular weight is 551 g/mol. The number of hydrogen-bond donors (Lipinski definition) is 2. The van der Waals surface area contributed by atoms with Crippen LogP contribution in [0.25, 0.3) is 11.5 Å². The van der Waals surface area contributed by atoms with E-state index in [4.69, 9.17) is 41.8 Å². The van der Waals surface area contributed by atoms with Gasteiger partial charge in [-0.3, -0.25) is 9.78 Å². The van der Waals surface area contributed by atoms with Gasteiger partial charge in [0.05, 0.1) is 29.4 Å². The van der Waals surface area contributed by atoms with E-state index in [0.717, 1.165) is 0 Å². The Morgan fingerprint density at radius 2 is 1.81 bits per heavy atom. The van der Waals surface area contributed by atoms with Gasteiger partial charge in [0.2, 0.25) is 5.89 Å². The number of benzene rings is 1. The summed E-state index contributed by atoms with van der Waals surface area (Å²) in [4.78, 5) is 34.0. The fourth-order valence-electron chi connectivity index (χ4n) is 3.22. The van der Waals surface area contributed by atoms with Gasteiger partial charge in [-0.15, -0.1) is 0 Å². The van der Waals surface area contributed by atoms with Gasteiger partial charge in [0.15, 0.2) is 29.1 Å². The van der Waals surface area contributed by atoms with E-state index < -0.39 is 23.6 Å². The molecule has 2 heterocycles. The van der Waals surface area contributed by atoms with E-state index in [0.29, 0.717) is 23.7 Å². The number of amides is 2. The van der Waals surface area contributed by atoms with Gasteiger partial charge in [0.25, 0.3) is 5.91 Å². The third kappa shape index (κ3) is 7.05. The number of nitrogens with zero attached hydrogens (tertiary/aromatic N) is 2. The number of carbonyl (C=O) groups is 2. The summed E-state index contributed by atoms with van der Waals surface area (Å²) in [6.45, 7) is 9.25. The third-order valence-electron chi connectivity index (χ3n) is 4.80. The molecule has 1 aromatic carbocycles. The van der Waals surface area contributed by atoms with Crippen LogP contribution in [0.1, 0.15) is 57.0 Å². The molecule has 0 spiro atoms. The summed E-state index contributed by atoms with van der Waals surface area (Å²) < 4.78 is 22.4. The molecule has 2 N–H and O–H groups in total. The molecule has 1 atom stereocenters. The summed E-state index contributed by atoms with van der Waals surface area (Å²) in [5.41, 5.74) is 0.0117. The molecule has 37 heavy (non-hydrogen) atoms. The summed E-state index contributed by atoms with van der Waals surface area (Å²) in [6, 6.07) is 5.07. The van der Waals surface area contributed by atoms with Crippen molar-refractivity contribution in [2.45, 2.75) is 46.3 Å². The van der Waals surface area contributed by atoms with Gasteiger partial charge in [-0.2, -0.15) is 0 Å². The first kappa shape index (κ1) is 28.1. The van der Waals surface area contributed by atoms with Crippen molar-refractivity contribution in [1.82, 2.24) is 15.3 Å². The number of methoxy groups -OCH3 is 1. The van der Waals surface area contributed by atoms with Crippen molar-refractivity contribution in [2.24, 2.45) is 0 Å². The highest BCUT2D eigenvalue weighted by Gasteiger charge is 2.29. The lowest BCUT2D eigenvalue weighted by molar-refractivity contribution is 0.0860. The second-order valence-corrected chi connectivity index (χ2v) is 9.70. The molecule has 0 aliphatic heterocycles. The van der Waals surface area contributed by atoms with E-state index in [9.17, 15) is 9.59 Å². The Morgan fingerprint density at radius 1 is 1.14 bits per heavy atom. The average Bonchev–Trinajstić information content (AvgIpc) is 3.26. The van der Waals surface area contributed by atoms with Crippen molar-refractivity contribution in [1.29, 1.82) is 0 Å². The van der Waals surface area contributed by atoms with Crippen molar-refractivity contribution < 1.29 is 28.2 Å². The fraction of sp³-hybridized carbons (Fsp3) is 0.360. The molecule has 3 rings (SSSR count).